The van der Waals surface area contributed by atoms with E-state index < -0.39 is 11.7 Å². The van der Waals surface area contributed by atoms with E-state index in [0.29, 0.717) is 16.8 Å². The summed E-state index contributed by atoms with van der Waals surface area (Å²) in [6, 6.07) is 12.4. The molecule has 27 heavy (non-hydrogen) atoms. The highest BCUT2D eigenvalue weighted by Crippen LogP contribution is 2.39. The van der Waals surface area contributed by atoms with E-state index in [2.05, 4.69) is 32.1 Å². The summed E-state index contributed by atoms with van der Waals surface area (Å²) in [5, 5.41) is 0. The summed E-state index contributed by atoms with van der Waals surface area (Å²) in [5.74, 6) is 0. The van der Waals surface area contributed by atoms with E-state index in [4.69, 9.17) is 0 Å². The van der Waals surface area contributed by atoms with Crippen molar-refractivity contribution in [1.82, 2.24) is 14.0 Å². The van der Waals surface area contributed by atoms with Crippen LogP contribution in [0.15, 0.2) is 48.7 Å². The summed E-state index contributed by atoms with van der Waals surface area (Å²) >= 11 is 2.24. The van der Waals surface area contributed by atoms with Crippen LogP contribution in [0, 0.1) is 3.57 Å². The van der Waals surface area contributed by atoms with Gasteiger partial charge in [0.05, 0.1) is 14.8 Å². The first-order valence-corrected chi connectivity index (χ1v) is 9.52. The highest BCUT2D eigenvalue weighted by molar-refractivity contribution is 14.1. The molecule has 4 aromatic rings. The van der Waals surface area contributed by atoms with Crippen LogP contribution >= 0.6 is 22.6 Å². The Morgan fingerprint density at radius 1 is 0.963 bits per heavy atom. The summed E-state index contributed by atoms with van der Waals surface area (Å²) < 4.78 is 44.4. The number of fused-ring (bicyclic) bond motifs is 3. The van der Waals surface area contributed by atoms with Gasteiger partial charge < -0.3 is 4.57 Å². The summed E-state index contributed by atoms with van der Waals surface area (Å²) in [6.45, 7) is 6.13. The molecule has 0 aliphatic rings. The Labute approximate surface area is 168 Å². The number of hydrogen-bond acceptors (Lipinski definition) is 1. The molecule has 3 heterocycles. The first-order chi connectivity index (χ1) is 12.6. The van der Waals surface area contributed by atoms with Crippen LogP contribution < -0.4 is 0 Å². The minimum Gasteiger partial charge on any atom is -0.319 e. The molecule has 0 fully saturated rings. The van der Waals surface area contributed by atoms with Crippen LogP contribution in [0.1, 0.15) is 26.3 Å². The largest absolute Gasteiger partial charge is 0.417 e. The van der Waals surface area contributed by atoms with E-state index in [9.17, 15) is 13.2 Å². The Morgan fingerprint density at radius 3 is 2.22 bits per heavy atom. The van der Waals surface area contributed by atoms with Gasteiger partial charge in [0.15, 0.2) is 0 Å². The van der Waals surface area contributed by atoms with Gasteiger partial charge in [0.2, 0.25) is 0 Å². The summed E-state index contributed by atoms with van der Waals surface area (Å²) in [7, 11) is 0. The molecular formula is C20H17F3IN3. The Bertz CT molecular complexity index is 1150. The molecule has 140 valence electrons. The van der Waals surface area contributed by atoms with Crippen LogP contribution in [0.2, 0.25) is 0 Å². The van der Waals surface area contributed by atoms with Crippen LogP contribution in [-0.4, -0.2) is 14.0 Å². The fourth-order valence-electron chi connectivity index (χ4n) is 3.38. The van der Waals surface area contributed by atoms with Gasteiger partial charge in [-0.2, -0.15) is 13.2 Å². The molecule has 0 saturated heterocycles. The molecule has 1 aromatic carbocycles. The van der Waals surface area contributed by atoms with Crippen molar-refractivity contribution >= 4 is 39.4 Å². The third-order valence-electron chi connectivity index (χ3n) is 4.49. The third kappa shape index (κ3) is 2.92. The zero-order valence-electron chi connectivity index (χ0n) is 15.0. The van der Waals surface area contributed by atoms with Gasteiger partial charge in [0, 0.05) is 11.7 Å². The van der Waals surface area contributed by atoms with Gasteiger partial charge in [-0.15, -0.1) is 0 Å². The van der Waals surface area contributed by atoms with E-state index in [1.165, 1.54) is 6.07 Å². The smallest absolute Gasteiger partial charge is 0.319 e. The minimum absolute atomic E-state index is 0.350. The lowest BCUT2D eigenvalue weighted by molar-refractivity contribution is -0.137. The summed E-state index contributed by atoms with van der Waals surface area (Å²) in [6.07, 6.45) is -3.27. The molecule has 3 aromatic heterocycles. The summed E-state index contributed by atoms with van der Waals surface area (Å²) in [4.78, 5) is 4.63. The molecule has 0 atom stereocenters. The molecule has 3 nitrogen and oxygen atoms in total. The highest BCUT2D eigenvalue weighted by atomic mass is 127. The molecule has 7 heteroatoms. The Hall–Kier alpha value is -2.03. The minimum atomic E-state index is -4.40. The SMILES string of the molecule is CC(C)(C)n1c(-c2ccccc2)c(I)c2nc3ccc(C(F)(F)F)cn3c21. The van der Waals surface area contributed by atoms with Crippen molar-refractivity contribution < 1.29 is 13.2 Å². The number of pyridine rings is 1. The van der Waals surface area contributed by atoms with Crippen LogP contribution in [0.4, 0.5) is 13.2 Å². The number of alkyl halides is 3. The quantitative estimate of drug-likeness (QED) is 0.290. The molecule has 0 N–H and O–H groups in total. The van der Waals surface area contributed by atoms with Crippen LogP contribution in [0.25, 0.3) is 28.1 Å². The topological polar surface area (TPSA) is 22.2 Å². The molecule has 0 saturated carbocycles. The number of imidazole rings is 1. The number of rotatable bonds is 1. The third-order valence-corrected chi connectivity index (χ3v) is 5.51. The van der Waals surface area contributed by atoms with Crippen LogP contribution in [-0.2, 0) is 11.7 Å². The van der Waals surface area contributed by atoms with Crippen molar-refractivity contribution in [3.63, 3.8) is 0 Å². The van der Waals surface area contributed by atoms with Crippen molar-refractivity contribution in [2.75, 3.05) is 0 Å². The molecule has 0 unspecified atom stereocenters. The second-order valence-corrected chi connectivity index (χ2v) is 8.54. The van der Waals surface area contributed by atoms with Crippen LogP contribution in [0.3, 0.4) is 0 Å². The predicted octanol–water partition coefficient (Wildman–Crippen LogP) is 6.33. The summed E-state index contributed by atoms with van der Waals surface area (Å²) in [5.41, 5.74) is 2.83. The highest BCUT2D eigenvalue weighted by Gasteiger charge is 2.33. The lowest BCUT2D eigenvalue weighted by Gasteiger charge is -2.26. The van der Waals surface area contributed by atoms with Gasteiger partial charge in [-0.25, -0.2) is 4.98 Å². The fraction of sp³-hybridized carbons (Fsp3) is 0.250. The van der Waals surface area contributed by atoms with E-state index >= 15 is 0 Å². The molecule has 0 spiro atoms. The van der Waals surface area contributed by atoms with Gasteiger partial charge >= 0.3 is 6.18 Å². The van der Waals surface area contributed by atoms with E-state index in [0.717, 1.165) is 27.1 Å². The monoisotopic (exact) mass is 483 g/mol. The Kier molecular flexibility index (Phi) is 4.06. The fourth-order valence-corrected chi connectivity index (χ4v) is 4.30. The number of benzene rings is 1. The Balaban J connectivity index is 2.16. The van der Waals surface area contributed by atoms with Crippen molar-refractivity contribution in [2.24, 2.45) is 0 Å². The Morgan fingerprint density at radius 2 is 1.63 bits per heavy atom. The average Bonchev–Trinajstić information content (AvgIpc) is 3.09. The van der Waals surface area contributed by atoms with Gasteiger partial charge in [-0.3, -0.25) is 4.40 Å². The van der Waals surface area contributed by atoms with E-state index in [1.54, 1.807) is 4.40 Å². The number of hydrogen-bond donors (Lipinski definition) is 0. The molecular weight excluding hydrogens is 466 g/mol. The van der Waals surface area contributed by atoms with Crippen molar-refractivity contribution in [1.29, 1.82) is 0 Å². The zero-order chi connectivity index (χ0) is 19.6. The predicted molar refractivity (Wildman–Crippen MR) is 109 cm³/mol. The molecule has 0 bridgehead atoms. The lowest BCUT2D eigenvalue weighted by atomic mass is 10.1. The lowest BCUT2D eigenvalue weighted by Crippen LogP contribution is -2.23. The van der Waals surface area contributed by atoms with Crippen molar-refractivity contribution in [2.45, 2.75) is 32.5 Å². The average molecular weight is 483 g/mol. The second kappa shape index (κ2) is 5.98. The van der Waals surface area contributed by atoms with Gasteiger partial charge in [-0.1, -0.05) is 30.3 Å². The van der Waals surface area contributed by atoms with Crippen molar-refractivity contribution in [3.05, 3.63) is 57.8 Å². The first-order valence-electron chi connectivity index (χ1n) is 8.44. The normalized spacial score (nSPS) is 13.0. The van der Waals surface area contributed by atoms with Crippen LogP contribution in [0.5, 0.6) is 0 Å². The maximum absolute atomic E-state index is 13.3. The standard InChI is InChI=1S/C20H17F3IN3/c1-19(2,3)27-17(12-7-5-4-6-8-12)15(24)16-18(27)26-11-13(20(21,22)23)9-10-14(26)25-16/h4-11H,1-3H3. The molecule has 0 aliphatic carbocycles. The van der Waals surface area contributed by atoms with Gasteiger partial charge in [0.1, 0.15) is 16.8 Å². The number of nitrogens with zero attached hydrogens (tertiary/aromatic N) is 3. The maximum atomic E-state index is 13.3. The van der Waals surface area contributed by atoms with Crippen molar-refractivity contribution in [3.8, 4) is 11.3 Å². The molecule has 0 radical (unpaired) electrons. The number of halogens is 4. The van der Waals surface area contributed by atoms with E-state index in [1.807, 2.05) is 51.1 Å². The number of aromatic nitrogens is 3. The molecule has 0 aliphatic heterocycles. The second-order valence-electron chi connectivity index (χ2n) is 7.46. The van der Waals surface area contributed by atoms with Gasteiger partial charge in [-0.05, 0) is 61.1 Å². The first kappa shape index (κ1) is 18.3. The molecule has 4 rings (SSSR count). The maximum Gasteiger partial charge on any atom is 0.417 e. The molecule has 0 amide bonds. The van der Waals surface area contributed by atoms with Gasteiger partial charge in [0.25, 0.3) is 0 Å². The van der Waals surface area contributed by atoms with E-state index in [-0.39, 0.29) is 5.54 Å². The zero-order valence-corrected chi connectivity index (χ0v) is 17.1.